The van der Waals surface area contributed by atoms with Gasteiger partial charge in [-0.3, -0.25) is 18.6 Å². The number of esters is 2. The zero-order valence-electron chi connectivity index (χ0n) is 32.5. The van der Waals surface area contributed by atoms with Crippen molar-refractivity contribution in [3.8, 4) is 0 Å². The molecule has 0 saturated carbocycles. The normalized spacial score (nSPS) is 14.5. The van der Waals surface area contributed by atoms with Crippen LogP contribution in [0, 0.1) is 0 Å². The first-order chi connectivity index (χ1) is 25.2. The first kappa shape index (κ1) is 49.9. The maximum Gasteiger partial charge on any atom is 0.472 e. The summed E-state index contributed by atoms with van der Waals surface area (Å²) < 4.78 is 32.5. The SMILES string of the molecule is CC/C=C\C/C=C\C/C=C\C/C=C\CCCCCCCCCCC(=O)OC(COC(=O)CCCCCCCCCC)COP(=O)(O)OCC(O)CO. The number of phosphoric acid groups is 1. The molecule has 0 saturated heterocycles. The van der Waals surface area contributed by atoms with E-state index in [2.05, 4.69) is 67.0 Å². The quantitative estimate of drug-likeness (QED) is 0.0242. The number of aliphatic hydroxyl groups is 2. The van der Waals surface area contributed by atoms with Crippen molar-refractivity contribution in [2.45, 2.75) is 174 Å². The molecule has 3 N–H and O–H groups in total. The Balaban J connectivity index is 4.25. The van der Waals surface area contributed by atoms with Crippen LogP contribution in [0.5, 0.6) is 0 Å². The number of carbonyl (C=O) groups excluding carboxylic acids is 2. The van der Waals surface area contributed by atoms with Crippen molar-refractivity contribution >= 4 is 19.8 Å². The highest BCUT2D eigenvalue weighted by Gasteiger charge is 2.27. The highest BCUT2D eigenvalue weighted by atomic mass is 31.2. The summed E-state index contributed by atoms with van der Waals surface area (Å²) in [5.41, 5.74) is 0. The van der Waals surface area contributed by atoms with Gasteiger partial charge in [0.05, 0.1) is 19.8 Å². The number of aliphatic hydroxyl groups excluding tert-OH is 2. The monoisotopic (exact) mass is 756 g/mol. The summed E-state index contributed by atoms with van der Waals surface area (Å²) in [6.07, 6.45) is 38.1. The van der Waals surface area contributed by atoms with Gasteiger partial charge in [-0.15, -0.1) is 0 Å². The van der Waals surface area contributed by atoms with Gasteiger partial charge in [0.1, 0.15) is 12.7 Å². The second-order valence-corrected chi connectivity index (χ2v) is 14.7. The first-order valence-corrected chi connectivity index (χ1v) is 21.6. The molecule has 0 bridgehead atoms. The van der Waals surface area contributed by atoms with E-state index in [0.29, 0.717) is 12.8 Å². The van der Waals surface area contributed by atoms with Crippen LogP contribution in [0.15, 0.2) is 48.6 Å². The topological polar surface area (TPSA) is 149 Å². The third-order valence-corrected chi connectivity index (χ3v) is 9.20. The number of allylic oxidation sites excluding steroid dienone is 8. The fraction of sp³-hybridized carbons (Fsp3) is 0.756. The van der Waals surface area contributed by atoms with Gasteiger partial charge in [0.2, 0.25) is 0 Å². The zero-order valence-corrected chi connectivity index (χ0v) is 33.4. The number of rotatable bonds is 37. The summed E-state index contributed by atoms with van der Waals surface area (Å²) in [6, 6.07) is 0. The average Bonchev–Trinajstić information content (AvgIpc) is 3.13. The van der Waals surface area contributed by atoms with Crippen LogP contribution >= 0.6 is 7.82 Å². The predicted octanol–water partition coefficient (Wildman–Crippen LogP) is 10.2. The third kappa shape index (κ3) is 36.3. The Labute approximate surface area is 315 Å². The van der Waals surface area contributed by atoms with Gasteiger partial charge in [-0.05, 0) is 51.4 Å². The molecule has 52 heavy (non-hydrogen) atoms. The molecule has 0 aromatic heterocycles. The number of phosphoric ester groups is 1. The largest absolute Gasteiger partial charge is 0.472 e. The van der Waals surface area contributed by atoms with E-state index in [1.807, 2.05) is 0 Å². The fourth-order valence-electron chi connectivity index (χ4n) is 5.16. The highest BCUT2D eigenvalue weighted by Crippen LogP contribution is 2.43. The molecule has 0 aromatic carbocycles. The van der Waals surface area contributed by atoms with E-state index in [1.54, 1.807) is 0 Å². The molecule has 11 heteroatoms. The Morgan fingerprint density at radius 2 is 1.06 bits per heavy atom. The molecule has 10 nitrogen and oxygen atoms in total. The van der Waals surface area contributed by atoms with Gasteiger partial charge in [0.25, 0.3) is 0 Å². The van der Waals surface area contributed by atoms with Crippen LogP contribution in [0.2, 0.25) is 0 Å². The van der Waals surface area contributed by atoms with Gasteiger partial charge in [-0.1, -0.05) is 146 Å². The van der Waals surface area contributed by atoms with Crippen molar-refractivity contribution in [1.82, 2.24) is 0 Å². The van der Waals surface area contributed by atoms with E-state index in [-0.39, 0.29) is 19.4 Å². The fourth-order valence-corrected chi connectivity index (χ4v) is 5.95. The smallest absolute Gasteiger partial charge is 0.462 e. The van der Waals surface area contributed by atoms with Crippen LogP contribution in [0.4, 0.5) is 0 Å². The molecule has 302 valence electrons. The third-order valence-electron chi connectivity index (χ3n) is 8.25. The van der Waals surface area contributed by atoms with E-state index in [4.69, 9.17) is 19.1 Å². The Morgan fingerprint density at radius 3 is 1.60 bits per heavy atom. The van der Waals surface area contributed by atoms with E-state index >= 15 is 0 Å². The summed E-state index contributed by atoms with van der Waals surface area (Å²) in [6.45, 7) is 2.21. The average molecular weight is 757 g/mol. The molecule has 0 rings (SSSR count). The summed E-state index contributed by atoms with van der Waals surface area (Å²) in [5, 5.41) is 18.3. The van der Waals surface area contributed by atoms with Gasteiger partial charge in [0, 0.05) is 12.8 Å². The molecule has 0 spiro atoms. The Bertz CT molecular complexity index is 1010. The molecule has 3 atom stereocenters. The second-order valence-electron chi connectivity index (χ2n) is 13.3. The van der Waals surface area contributed by atoms with Crippen molar-refractivity contribution in [2.24, 2.45) is 0 Å². The molecular weight excluding hydrogens is 683 g/mol. The Kier molecular flexibility index (Phi) is 35.8. The molecule has 0 amide bonds. The zero-order chi connectivity index (χ0) is 38.4. The minimum Gasteiger partial charge on any atom is -0.462 e. The van der Waals surface area contributed by atoms with Crippen molar-refractivity contribution < 1.29 is 47.8 Å². The van der Waals surface area contributed by atoms with Crippen molar-refractivity contribution in [1.29, 1.82) is 0 Å². The molecule has 0 aliphatic heterocycles. The van der Waals surface area contributed by atoms with Gasteiger partial charge < -0.3 is 24.6 Å². The molecule has 3 unspecified atom stereocenters. The summed E-state index contributed by atoms with van der Waals surface area (Å²) in [4.78, 5) is 34.8. The van der Waals surface area contributed by atoms with Crippen molar-refractivity contribution in [3.05, 3.63) is 48.6 Å². The van der Waals surface area contributed by atoms with Crippen LogP contribution in [0.3, 0.4) is 0 Å². The minimum absolute atomic E-state index is 0.174. The molecule has 0 radical (unpaired) electrons. The maximum atomic E-state index is 12.6. The van der Waals surface area contributed by atoms with E-state index in [1.165, 1.54) is 51.4 Å². The number of hydrogen-bond donors (Lipinski definition) is 3. The van der Waals surface area contributed by atoms with E-state index in [0.717, 1.165) is 70.6 Å². The van der Waals surface area contributed by atoms with Gasteiger partial charge >= 0.3 is 19.8 Å². The Hall–Kier alpha value is -2.07. The molecule has 0 aliphatic rings. The molecule has 0 aliphatic carbocycles. The molecule has 0 heterocycles. The number of carbonyl (C=O) groups is 2. The summed E-state index contributed by atoms with van der Waals surface area (Å²) in [7, 11) is -4.61. The lowest BCUT2D eigenvalue weighted by atomic mass is 10.1. The van der Waals surface area contributed by atoms with Crippen molar-refractivity contribution in [2.75, 3.05) is 26.4 Å². The Morgan fingerprint density at radius 1 is 0.596 bits per heavy atom. The van der Waals surface area contributed by atoms with Crippen LogP contribution in [-0.2, 0) is 32.7 Å². The van der Waals surface area contributed by atoms with E-state index in [9.17, 15) is 24.2 Å². The standard InChI is InChI=1S/C41H73O10P/c1-3-5-7-9-11-13-14-15-16-17-18-19-20-21-22-23-24-25-27-29-31-33-41(45)51-39(37-50-52(46,47)49-35-38(43)34-42)36-48-40(44)32-30-28-26-12-10-8-6-4-2/h5,7,11,13,15-16,18-19,38-39,42-43H,3-4,6,8-10,12,14,17,20-37H2,1-2H3,(H,46,47)/b7-5-,13-11-,16-15-,19-18-. The summed E-state index contributed by atoms with van der Waals surface area (Å²) in [5.74, 6) is -0.941. The molecule has 0 fully saturated rings. The minimum atomic E-state index is -4.61. The van der Waals surface area contributed by atoms with Gasteiger partial charge in [-0.25, -0.2) is 4.57 Å². The lowest BCUT2D eigenvalue weighted by Gasteiger charge is -2.20. The van der Waals surface area contributed by atoms with Crippen LogP contribution in [0.25, 0.3) is 0 Å². The lowest BCUT2D eigenvalue weighted by Crippen LogP contribution is -2.29. The number of unbranched alkanes of at least 4 members (excludes halogenated alkanes) is 15. The van der Waals surface area contributed by atoms with Gasteiger partial charge in [-0.2, -0.15) is 0 Å². The van der Waals surface area contributed by atoms with Crippen LogP contribution in [0.1, 0.15) is 162 Å². The van der Waals surface area contributed by atoms with Crippen LogP contribution < -0.4 is 0 Å². The van der Waals surface area contributed by atoms with E-state index < -0.39 is 51.8 Å². The number of hydrogen-bond acceptors (Lipinski definition) is 9. The second kappa shape index (κ2) is 37.3. The maximum absolute atomic E-state index is 12.6. The van der Waals surface area contributed by atoms with Gasteiger partial charge in [0.15, 0.2) is 6.10 Å². The number of ether oxygens (including phenoxy) is 2. The summed E-state index contributed by atoms with van der Waals surface area (Å²) >= 11 is 0. The molecular formula is C41H73O10P. The highest BCUT2D eigenvalue weighted by molar-refractivity contribution is 7.47. The first-order valence-electron chi connectivity index (χ1n) is 20.1. The lowest BCUT2D eigenvalue weighted by molar-refractivity contribution is -0.161. The van der Waals surface area contributed by atoms with Crippen molar-refractivity contribution in [3.63, 3.8) is 0 Å². The molecule has 0 aromatic rings. The van der Waals surface area contributed by atoms with Crippen LogP contribution in [-0.4, -0.2) is 65.7 Å². The predicted molar refractivity (Wildman–Crippen MR) is 210 cm³/mol.